The van der Waals surface area contributed by atoms with Crippen LogP contribution in [0.1, 0.15) is 90.6 Å². The van der Waals surface area contributed by atoms with Crippen LogP contribution in [0, 0.1) is 17.9 Å². The Balaban J connectivity index is 0.000000135. The third kappa shape index (κ3) is 14.2. The number of halogens is 1. The summed E-state index contributed by atoms with van der Waals surface area (Å²) in [6.07, 6.45) is 0. The van der Waals surface area contributed by atoms with Crippen molar-refractivity contribution < 1.29 is 9.31 Å². The zero-order valence-electron chi connectivity index (χ0n) is 63.4. The van der Waals surface area contributed by atoms with Crippen molar-refractivity contribution in [3.8, 4) is 130 Å². The monoisotopic (exact) mass is 1480 g/mol. The molecule has 0 spiro atoms. The molecule has 2 aliphatic carbocycles. The molecule has 14 aromatic carbocycles. The topological polar surface area (TPSA) is 124 Å². The van der Waals surface area contributed by atoms with E-state index in [-0.39, 0.29) is 36.6 Å². The van der Waals surface area contributed by atoms with Crippen LogP contribution in [0.25, 0.3) is 150 Å². The summed E-state index contributed by atoms with van der Waals surface area (Å²) in [6, 6.07) is 110. The summed E-state index contributed by atoms with van der Waals surface area (Å²) in [5.74, 6) is 3.90. The lowest BCUT2D eigenvalue weighted by atomic mass is 9.74. The summed E-state index contributed by atoms with van der Waals surface area (Å²) in [5, 5.41) is 14.5. The van der Waals surface area contributed by atoms with Crippen molar-refractivity contribution in [1.82, 2.24) is 29.9 Å². The van der Waals surface area contributed by atoms with Crippen molar-refractivity contribution >= 4 is 51.4 Å². The summed E-state index contributed by atoms with van der Waals surface area (Å²) in [7, 11) is -0.362. The van der Waals surface area contributed by atoms with Gasteiger partial charge in [0.05, 0.1) is 29.4 Å². The molecule has 546 valence electrons. The van der Waals surface area contributed by atoms with E-state index < -0.39 is 0 Å². The zero-order chi connectivity index (χ0) is 77.0. The van der Waals surface area contributed by atoms with Crippen LogP contribution in [0.5, 0.6) is 0 Å². The molecule has 19 rings (SSSR count). The normalized spacial score (nSPS) is 14.0. The molecule has 10 nitrogen and oxygen atoms in total. The second-order valence-corrected chi connectivity index (χ2v) is 31.2. The summed E-state index contributed by atoms with van der Waals surface area (Å²) in [6.45, 7) is 24.8. The van der Waals surface area contributed by atoms with E-state index in [1.54, 1.807) is 0 Å². The molecule has 0 amide bonds. The van der Waals surface area contributed by atoms with Crippen molar-refractivity contribution in [2.24, 2.45) is 0 Å². The van der Waals surface area contributed by atoms with E-state index >= 15 is 0 Å². The lowest BCUT2D eigenvalue weighted by Crippen LogP contribution is -2.41. The first-order valence-corrected chi connectivity index (χ1v) is 38.0. The Bertz CT molecular complexity index is 6390. The van der Waals surface area contributed by atoms with Gasteiger partial charge in [-0.1, -0.05) is 326 Å². The summed E-state index contributed by atoms with van der Waals surface area (Å²) in [4.78, 5) is 33.3. The first-order valence-electron chi connectivity index (χ1n) is 37.7. The van der Waals surface area contributed by atoms with Gasteiger partial charge in [-0.3, -0.25) is 0 Å². The van der Waals surface area contributed by atoms with Crippen LogP contribution < -0.4 is 5.46 Å². The van der Waals surface area contributed by atoms with Crippen molar-refractivity contribution in [3.63, 3.8) is 0 Å². The maximum absolute atomic E-state index is 9.25. The fourth-order valence-electron chi connectivity index (χ4n) is 15.6. The van der Waals surface area contributed by atoms with Crippen molar-refractivity contribution in [1.29, 1.82) is 5.26 Å². The van der Waals surface area contributed by atoms with Gasteiger partial charge in [0.1, 0.15) is 0 Å². The Hall–Kier alpha value is -13.1. The first-order chi connectivity index (χ1) is 54.3. The largest absolute Gasteiger partial charge is 0.494 e. The molecular formula is C101H80BClN8O2. The third-order valence-electron chi connectivity index (χ3n) is 22.6. The predicted octanol–water partition coefficient (Wildman–Crippen LogP) is 25.4. The van der Waals surface area contributed by atoms with Gasteiger partial charge in [-0.25, -0.2) is 34.7 Å². The number of hydrogen-bond acceptors (Lipinski definition) is 9. The van der Waals surface area contributed by atoms with Crippen LogP contribution in [0.15, 0.2) is 315 Å². The maximum Gasteiger partial charge on any atom is 0.494 e. The number of aromatic nitrogens is 6. The molecule has 1 aliphatic heterocycles. The smallest absolute Gasteiger partial charge is 0.399 e. The third-order valence-corrected chi connectivity index (χ3v) is 22.8. The Kier molecular flexibility index (Phi) is 19.6. The van der Waals surface area contributed by atoms with E-state index in [0.717, 1.165) is 93.2 Å². The molecule has 0 bridgehead atoms. The lowest BCUT2D eigenvalue weighted by molar-refractivity contribution is 0.00578. The number of hydrogen-bond donors (Lipinski definition) is 0. The number of rotatable bonds is 10. The Morgan fingerprint density at radius 3 is 1.15 bits per heavy atom. The van der Waals surface area contributed by atoms with E-state index in [0.29, 0.717) is 46.2 Å². The molecule has 0 radical (unpaired) electrons. The summed E-state index contributed by atoms with van der Waals surface area (Å²) in [5.41, 5.74) is 23.9. The standard InChI is InChI=1S/C47H32N4.C31H20ClN3.C22H24BNO2.CH4/c1-47(2)42-27-25-37(48-3)29-41(42)39-26-24-36(28-43(39)47)32-18-16-30(17-19-32)31-20-22-35(23-21-31)45-49-44(34-11-5-4-6-12-34)50-46(51-45)40-15-9-13-33-10-7-8-14-38(33)40;32-26-19-17-22(18-20-26)21-13-15-25(16-14-21)30-33-29(24-8-2-1-3-9-24)34-31(35-30)28-12-6-10-23-7-4-5-11-27(23)28;1-20(2)18-10-7-14(13-24)11-17(18)16-9-8-15(12-19(16)20)23-25-21(3,4)22(5,6)26-23;/h4-29H,1-2H3;1-20H;7-12H,1-6H3;1H4. The molecule has 0 N–H and O–H groups in total. The fraction of sp³-hybridized carbons (Fsp3) is 0.129. The second kappa shape index (κ2) is 29.9. The van der Waals surface area contributed by atoms with Gasteiger partial charge in [0.2, 0.25) is 0 Å². The highest BCUT2D eigenvalue weighted by Gasteiger charge is 2.52. The zero-order valence-corrected chi connectivity index (χ0v) is 64.1. The van der Waals surface area contributed by atoms with Gasteiger partial charge in [-0.05, 0) is 169 Å². The van der Waals surface area contributed by atoms with Crippen molar-refractivity contribution in [3.05, 3.63) is 360 Å². The van der Waals surface area contributed by atoms with Crippen LogP contribution in [-0.2, 0) is 20.1 Å². The van der Waals surface area contributed by atoms with Crippen LogP contribution in [0.2, 0.25) is 5.02 Å². The quantitative estimate of drug-likeness (QED) is 0.0972. The number of benzene rings is 14. The molecule has 16 aromatic rings. The van der Waals surface area contributed by atoms with Gasteiger partial charge < -0.3 is 9.31 Å². The van der Waals surface area contributed by atoms with E-state index in [2.05, 4.69) is 254 Å². The van der Waals surface area contributed by atoms with Gasteiger partial charge in [0, 0.05) is 49.2 Å². The SMILES string of the molecule is C.CC1(C)c2ccc(C#N)cc2-c2ccc(B3OC(C)(C)C(C)(C)O3)cc21.Clc1ccc(-c2ccc(-c3nc(-c4ccccc4)nc(-c4cccc5ccccc45)n3)cc2)cc1.[C-]#[N+]c1ccc2c(c1)-c1ccc(-c3ccc(-c4ccc(-c5nc(-c6ccccc6)nc(-c6cccc7ccccc67)n5)cc4)cc3)cc1C2(C)C. The number of nitrogens with zero attached hydrogens (tertiary/aromatic N) is 8. The van der Waals surface area contributed by atoms with Crippen molar-refractivity contribution in [2.45, 2.75) is 84.8 Å². The van der Waals surface area contributed by atoms with E-state index in [9.17, 15) is 5.26 Å². The van der Waals surface area contributed by atoms with Gasteiger partial charge in [0.15, 0.2) is 40.6 Å². The summed E-state index contributed by atoms with van der Waals surface area (Å²) >= 11 is 6.05. The summed E-state index contributed by atoms with van der Waals surface area (Å²) < 4.78 is 12.5. The van der Waals surface area contributed by atoms with E-state index in [1.807, 2.05) is 127 Å². The molecule has 1 saturated heterocycles. The molecular weight excluding hydrogens is 1400 g/mol. The van der Waals surface area contributed by atoms with Gasteiger partial charge in [-0.2, -0.15) is 5.26 Å². The predicted molar refractivity (Wildman–Crippen MR) is 464 cm³/mol. The minimum absolute atomic E-state index is 0. The average molecular weight is 1480 g/mol. The first kappa shape index (κ1) is 74.0. The Labute approximate surface area is 666 Å². The number of nitriles is 1. The number of fused-ring (bicyclic) bond motifs is 8. The molecule has 3 aliphatic rings. The molecule has 113 heavy (non-hydrogen) atoms. The molecule has 0 unspecified atom stereocenters. The van der Waals surface area contributed by atoms with E-state index in [4.69, 9.17) is 57.4 Å². The van der Waals surface area contributed by atoms with Gasteiger partial charge >= 0.3 is 7.12 Å². The molecule has 3 heterocycles. The Morgan fingerprint density at radius 1 is 0.327 bits per heavy atom. The minimum Gasteiger partial charge on any atom is -0.399 e. The molecule has 1 fully saturated rings. The highest BCUT2D eigenvalue weighted by molar-refractivity contribution is 6.62. The minimum atomic E-state index is -0.362. The molecule has 0 saturated carbocycles. The van der Waals surface area contributed by atoms with E-state index in [1.165, 1.54) is 50.1 Å². The fourth-order valence-corrected chi connectivity index (χ4v) is 15.7. The highest BCUT2D eigenvalue weighted by Crippen LogP contribution is 2.52. The lowest BCUT2D eigenvalue weighted by Gasteiger charge is -2.32. The average Bonchev–Trinajstić information content (AvgIpc) is 1.59. The molecule has 2 aromatic heterocycles. The second-order valence-electron chi connectivity index (χ2n) is 30.8. The maximum atomic E-state index is 9.25. The van der Waals surface area contributed by atoms with Gasteiger partial charge in [0.25, 0.3) is 0 Å². The Morgan fingerprint density at radius 2 is 0.690 bits per heavy atom. The van der Waals surface area contributed by atoms with Crippen LogP contribution in [0.3, 0.4) is 0 Å². The molecule has 0 atom stereocenters. The van der Waals surface area contributed by atoms with Crippen LogP contribution >= 0.6 is 11.6 Å². The van der Waals surface area contributed by atoms with Gasteiger partial charge in [-0.15, -0.1) is 0 Å². The highest BCUT2D eigenvalue weighted by atomic mass is 35.5. The molecule has 12 heteroatoms. The van der Waals surface area contributed by atoms with Crippen molar-refractivity contribution in [2.75, 3.05) is 0 Å². The van der Waals surface area contributed by atoms with Crippen LogP contribution in [0.4, 0.5) is 5.69 Å². The van der Waals surface area contributed by atoms with Crippen LogP contribution in [-0.4, -0.2) is 48.2 Å².